The average molecular weight is 424 g/mol. The second-order valence-electron chi connectivity index (χ2n) is 8.84. The summed E-state index contributed by atoms with van der Waals surface area (Å²) in [6, 6.07) is 41.8. The van der Waals surface area contributed by atoms with Crippen LogP contribution in [-0.4, -0.2) is 4.57 Å². The monoisotopic (exact) mass is 423 g/mol. The summed E-state index contributed by atoms with van der Waals surface area (Å²) in [5, 5.41) is 2.62. The van der Waals surface area contributed by atoms with E-state index >= 15 is 0 Å². The van der Waals surface area contributed by atoms with Crippen LogP contribution in [0.3, 0.4) is 0 Å². The van der Waals surface area contributed by atoms with Gasteiger partial charge in [-0.3, -0.25) is 0 Å². The van der Waals surface area contributed by atoms with Crippen molar-refractivity contribution < 1.29 is 0 Å². The van der Waals surface area contributed by atoms with Gasteiger partial charge in [0.25, 0.3) is 0 Å². The first-order chi connectivity index (χ1) is 16.2. The molecule has 0 aliphatic heterocycles. The Kier molecular flexibility index (Phi) is 4.62. The highest BCUT2D eigenvalue weighted by Crippen LogP contribution is 2.37. The quantitative estimate of drug-likeness (QED) is 0.268. The zero-order valence-corrected chi connectivity index (χ0v) is 18.9. The van der Waals surface area contributed by atoms with Crippen LogP contribution in [0.4, 0.5) is 0 Å². The van der Waals surface area contributed by atoms with E-state index in [9.17, 15) is 0 Å². The molecule has 0 aliphatic rings. The average Bonchev–Trinajstić information content (AvgIpc) is 3.17. The van der Waals surface area contributed by atoms with Gasteiger partial charge >= 0.3 is 0 Å². The molecule has 1 heteroatoms. The van der Waals surface area contributed by atoms with Crippen LogP contribution in [0.1, 0.15) is 11.1 Å². The van der Waals surface area contributed by atoms with Gasteiger partial charge in [0.2, 0.25) is 0 Å². The van der Waals surface area contributed by atoms with E-state index in [-0.39, 0.29) is 0 Å². The number of hydrogen-bond donors (Lipinski definition) is 0. The Morgan fingerprint density at radius 1 is 0.455 bits per heavy atom. The Labute approximate surface area is 194 Å². The Morgan fingerprint density at radius 3 is 1.61 bits per heavy atom. The van der Waals surface area contributed by atoms with Crippen LogP contribution in [0, 0.1) is 13.8 Å². The minimum Gasteiger partial charge on any atom is -0.309 e. The van der Waals surface area contributed by atoms with Gasteiger partial charge in [-0.25, -0.2) is 0 Å². The van der Waals surface area contributed by atoms with Crippen LogP contribution in [0.15, 0.2) is 115 Å². The van der Waals surface area contributed by atoms with E-state index in [1.54, 1.807) is 0 Å². The summed E-state index contributed by atoms with van der Waals surface area (Å²) in [6.07, 6.45) is 0. The normalized spacial score (nSPS) is 11.3. The first kappa shape index (κ1) is 19.6. The summed E-state index contributed by atoms with van der Waals surface area (Å²) >= 11 is 0. The van der Waals surface area contributed by atoms with Crippen LogP contribution in [0.2, 0.25) is 0 Å². The fraction of sp³-hybridized carbons (Fsp3) is 0.0625. The van der Waals surface area contributed by atoms with Gasteiger partial charge < -0.3 is 4.57 Å². The lowest BCUT2D eigenvalue weighted by molar-refractivity contribution is 1.18. The van der Waals surface area contributed by atoms with Crippen molar-refractivity contribution in [2.24, 2.45) is 0 Å². The van der Waals surface area contributed by atoms with E-state index in [0.717, 1.165) is 0 Å². The topological polar surface area (TPSA) is 4.93 Å². The number of nitrogens with zero attached hydrogens (tertiary/aromatic N) is 1. The first-order valence-electron chi connectivity index (χ1n) is 11.5. The van der Waals surface area contributed by atoms with E-state index in [4.69, 9.17) is 0 Å². The standard InChI is InChI=1S/C32H25N/c1-22-12-18-31-28(20-22)29-21-23(2)13-19-32(29)33(31)30-11-7-6-10-27(30)26-16-14-25(15-17-26)24-8-4-3-5-9-24/h3-21H,1-2H3. The molecule has 158 valence electrons. The van der Waals surface area contributed by atoms with Gasteiger partial charge in [0.05, 0.1) is 16.7 Å². The minimum absolute atomic E-state index is 1.21. The van der Waals surface area contributed by atoms with Gasteiger partial charge in [0, 0.05) is 16.3 Å². The van der Waals surface area contributed by atoms with E-state index in [0.29, 0.717) is 0 Å². The number of benzene rings is 5. The van der Waals surface area contributed by atoms with Gasteiger partial charge in [0.15, 0.2) is 0 Å². The SMILES string of the molecule is Cc1ccc2c(c1)c1cc(C)ccc1n2-c1ccccc1-c1ccc(-c2ccccc2)cc1. The molecule has 0 atom stereocenters. The molecule has 0 saturated heterocycles. The summed E-state index contributed by atoms with van der Waals surface area (Å²) < 4.78 is 2.42. The zero-order chi connectivity index (χ0) is 22.4. The Balaban J connectivity index is 1.57. The van der Waals surface area contributed by atoms with Gasteiger partial charge in [-0.2, -0.15) is 0 Å². The molecule has 1 heterocycles. The van der Waals surface area contributed by atoms with Crippen LogP contribution in [-0.2, 0) is 0 Å². The van der Waals surface area contributed by atoms with Crippen molar-refractivity contribution in [3.05, 3.63) is 126 Å². The summed E-state index contributed by atoms with van der Waals surface area (Å²) in [6.45, 7) is 4.33. The van der Waals surface area contributed by atoms with Crippen LogP contribution in [0.5, 0.6) is 0 Å². The molecule has 0 aliphatic carbocycles. The number of rotatable bonds is 3. The maximum atomic E-state index is 2.42. The summed E-state index contributed by atoms with van der Waals surface area (Å²) in [5.41, 5.74) is 11.2. The van der Waals surface area contributed by atoms with Crippen LogP contribution < -0.4 is 0 Å². The number of fused-ring (bicyclic) bond motifs is 3. The largest absolute Gasteiger partial charge is 0.309 e. The second-order valence-corrected chi connectivity index (χ2v) is 8.84. The molecule has 0 saturated carbocycles. The molecule has 1 aromatic heterocycles. The number of aromatic nitrogens is 1. The van der Waals surface area contributed by atoms with Crippen molar-refractivity contribution in [3.63, 3.8) is 0 Å². The van der Waals surface area contributed by atoms with E-state index in [1.807, 2.05) is 0 Å². The van der Waals surface area contributed by atoms with Gasteiger partial charge in [-0.15, -0.1) is 0 Å². The maximum absolute atomic E-state index is 2.42. The predicted octanol–water partition coefficient (Wildman–Crippen LogP) is 8.73. The van der Waals surface area contributed by atoms with E-state index < -0.39 is 0 Å². The highest BCUT2D eigenvalue weighted by Gasteiger charge is 2.15. The van der Waals surface area contributed by atoms with Crippen molar-refractivity contribution in [1.29, 1.82) is 0 Å². The molecule has 0 unspecified atom stereocenters. The Hall–Kier alpha value is -4.10. The van der Waals surface area contributed by atoms with Crippen molar-refractivity contribution in [2.45, 2.75) is 13.8 Å². The molecule has 0 amide bonds. The number of aryl methyl sites for hydroxylation is 2. The molecule has 1 nitrogen and oxygen atoms in total. The molecule has 0 spiro atoms. The lowest BCUT2D eigenvalue weighted by Crippen LogP contribution is -1.97. The molecule has 5 aromatic carbocycles. The summed E-state index contributed by atoms with van der Waals surface area (Å²) in [4.78, 5) is 0. The molecule has 6 rings (SSSR count). The van der Waals surface area contributed by atoms with Crippen LogP contribution >= 0.6 is 0 Å². The fourth-order valence-electron chi connectivity index (χ4n) is 4.90. The first-order valence-corrected chi connectivity index (χ1v) is 11.5. The van der Waals surface area contributed by atoms with Gasteiger partial charge in [0.1, 0.15) is 0 Å². The lowest BCUT2D eigenvalue weighted by Gasteiger charge is -2.14. The third kappa shape index (κ3) is 3.34. The molecule has 0 radical (unpaired) electrons. The van der Waals surface area contributed by atoms with Gasteiger partial charge in [-0.05, 0) is 60.9 Å². The highest BCUT2D eigenvalue weighted by atomic mass is 15.0. The fourth-order valence-corrected chi connectivity index (χ4v) is 4.90. The smallest absolute Gasteiger partial charge is 0.0541 e. The van der Waals surface area contributed by atoms with Crippen LogP contribution in [0.25, 0.3) is 49.7 Å². The predicted molar refractivity (Wildman–Crippen MR) is 141 cm³/mol. The van der Waals surface area contributed by atoms with Gasteiger partial charge in [-0.1, -0.05) is 96.1 Å². The minimum atomic E-state index is 1.21. The number of hydrogen-bond acceptors (Lipinski definition) is 0. The second kappa shape index (κ2) is 7.79. The number of para-hydroxylation sites is 1. The zero-order valence-electron chi connectivity index (χ0n) is 18.9. The van der Waals surface area contributed by atoms with Crippen molar-refractivity contribution in [3.8, 4) is 27.9 Å². The van der Waals surface area contributed by atoms with Crippen molar-refractivity contribution in [1.82, 2.24) is 4.57 Å². The molecule has 0 N–H and O–H groups in total. The third-order valence-corrected chi connectivity index (χ3v) is 6.52. The van der Waals surface area contributed by atoms with E-state index in [1.165, 1.54) is 60.9 Å². The third-order valence-electron chi connectivity index (χ3n) is 6.52. The lowest BCUT2D eigenvalue weighted by atomic mass is 9.99. The summed E-state index contributed by atoms with van der Waals surface area (Å²) in [5.74, 6) is 0. The Morgan fingerprint density at radius 2 is 0.970 bits per heavy atom. The Bertz CT molecular complexity index is 1540. The highest BCUT2D eigenvalue weighted by molar-refractivity contribution is 6.10. The summed E-state index contributed by atoms with van der Waals surface area (Å²) in [7, 11) is 0. The molecular formula is C32H25N. The molecule has 33 heavy (non-hydrogen) atoms. The van der Waals surface area contributed by atoms with E-state index in [2.05, 4.69) is 134 Å². The molecule has 0 bridgehead atoms. The molecule has 0 fully saturated rings. The van der Waals surface area contributed by atoms with Crippen molar-refractivity contribution >= 4 is 21.8 Å². The maximum Gasteiger partial charge on any atom is 0.0541 e. The van der Waals surface area contributed by atoms with Crippen molar-refractivity contribution in [2.75, 3.05) is 0 Å². The molecule has 6 aromatic rings. The molecular weight excluding hydrogens is 398 g/mol.